The van der Waals surface area contributed by atoms with Crippen molar-refractivity contribution in [2.75, 3.05) is 5.75 Å². The van der Waals surface area contributed by atoms with E-state index in [9.17, 15) is 8.42 Å². The molecule has 0 bridgehead atoms. The molecular weight excluding hydrogens is 224 g/mol. The summed E-state index contributed by atoms with van der Waals surface area (Å²) in [5, 5.41) is 19.9. The minimum Gasteiger partial charge on any atom is -0.285 e. The Morgan fingerprint density at radius 1 is 1.53 bits per heavy atom. The molecule has 0 aliphatic carbocycles. The molecule has 2 heterocycles. The van der Waals surface area contributed by atoms with E-state index in [0.29, 0.717) is 0 Å². The summed E-state index contributed by atoms with van der Waals surface area (Å²) in [6.45, 7) is 0. The van der Waals surface area contributed by atoms with Crippen LogP contribution in [0.4, 0.5) is 0 Å². The Balaban J connectivity index is 2.43. The third-order valence-corrected chi connectivity index (χ3v) is 2.61. The lowest BCUT2D eigenvalue weighted by Gasteiger charge is -2.15. The maximum Gasteiger partial charge on any atom is 0.268 e. The van der Waals surface area contributed by atoms with E-state index < -0.39 is 21.4 Å². The second-order valence-electron chi connectivity index (χ2n) is 2.94. The largest absolute Gasteiger partial charge is 0.285 e. The van der Waals surface area contributed by atoms with Gasteiger partial charge in [0.1, 0.15) is 11.4 Å². The van der Waals surface area contributed by atoms with Crippen LogP contribution in [0.3, 0.4) is 0 Å². The lowest BCUT2D eigenvalue weighted by Crippen LogP contribution is -2.33. The second-order valence-corrected chi connectivity index (χ2v) is 4.39. The van der Waals surface area contributed by atoms with Crippen LogP contribution in [0.15, 0.2) is 21.6 Å². The van der Waals surface area contributed by atoms with Crippen LogP contribution in [0.1, 0.15) is 5.69 Å². The summed E-state index contributed by atoms with van der Waals surface area (Å²) < 4.78 is 30.4. The minimum absolute atomic E-state index is 0.227. The monoisotopic (exact) mass is 230 g/mol. The number of rotatable bonds is 3. The standard InChI is InChI=1S/C5H6N6O3S/c12-15(13,14)3-5(2-7-11-9-5)4-1-6-10-8-4/h1-2H,3H2,(H,6,8,10)(H,12,13,14). The molecule has 0 amide bonds. The first-order valence-electron chi connectivity index (χ1n) is 3.80. The molecule has 0 radical (unpaired) electrons. The predicted molar refractivity (Wildman–Crippen MR) is 47.8 cm³/mol. The molecule has 15 heavy (non-hydrogen) atoms. The number of hydrogen-bond acceptors (Lipinski definition) is 7. The molecule has 10 heteroatoms. The smallest absolute Gasteiger partial charge is 0.268 e. The van der Waals surface area contributed by atoms with Crippen molar-refractivity contribution in [1.82, 2.24) is 15.4 Å². The molecule has 1 unspecified atom stereocenters. The number of hydrogen-bond donors (Lipinski definition) is 2. The zero-order valence-electron chi connectivity index (χ0n) is 7.27. The second kappa shape index (κ2) is 3.17. The minimum atomic E-state index is -4.22. The van der Waals surface area contributed by atoms with E-state index >= 15 is 0 Å². The van der Waals surface area contributed by atoms with Gasteiger partial charge in [-0.15, -0.1) is 10.2 Å². The van der Waals surface area contributed by atoms with E-state index in [1.807, 2.05) is 0 Å². The lowest BCUT2D eigenvalue weighted by atomic mass is 10.0. The summed E-state index contributed by atoms with van der Waals surface area (Å²) in [6.07, 6.45) is 2.49. The third kappa shape index (κ3) is 1.89. The fourth-order valence-corrected chi connectivity index (χ4v) is 2.03. The molecule has 1 aliphatic rings. The fourth-order valence-electron chi connectivity index (χ4n) is 1.20. The van der Waals surface area contributed by atoms with Crippen molar-refractivity contribution < 1.29 is 13.0 Å². The third-order valence-electron chi connectivity index (χ3n) is 1.81. The van der Waals surface area contributed by atoms with Crippen LogP contribution in [0.25, 0.3) is 0 Å². The van der Waals surface area contributed by atoms with Crippen LogP contribution < -0.4 is 0 Å². The molecule has 1 aromatic heterocycles. The van der Waals surface area contributed by atoms with E-state index in [-0.39, 0.29) is 5.69 Å². The first kappa shape index (κ1) is 9.86. The van der Waals surface area contributed by atoms with E-state index in [2.05, 4.69) is 30.8 Å². The van der Waals surface area contributed by atoms with Gasteiger partial charge in [0.25, 0.3) is 10.1 Å². The number of aromatic nitrogens is 3. The van der Waals surface area contributed by atoms with Crippen LogP contribution in [-0.2, 0) is 15.7 Å². The molecule has 9 nitrogen and oxygen atoms in total. The van der Waals surface area contributed by atoms with Gasteiger partial charge in [0.2, 0.25) is 0 Å². The molecule has 1 aliphatic heterocycles. The molecule has 80 valence electrons. The average Bonchev–Trinajstić information content (AvgIpc) is 2.68. The average molecular weight is 230 g/mol. The summed E-state index contributed by atoms with van der Waals surface area (Å²) in [6, 6.07) is 0. The zero-order valence-corrected chi connectivity index (χ0v) is 8.09. The van der Waals surface area contributed by atoms with Gasteiger partial charge in [-0.3, -0.25) is 4.55 Å². The summed E-state index contributed by atoms with van der Waals surface area (Å²) >= 11 is 0. The summed E-state index contributed by atoms with van der Waals surface area (Å²) in [7, 11) is -4.22. The molecule has 2 N–H and O–H groups in total. The van der Waals surface area contributed by atoms with E-state index in [0.717, 1.165) is 0 Å². The van der Waals surface area contributed by atoms with E-state index in [1.54, 1.807) is 0 Å². The summed E-state index contributed by atoms with van der Waals surface area (Å²) in [4.78, 5) is 0. The first-order valence-corrected chi connectivity index (χ1v) is 5.41. The van der Waals surface area contributed by atoms with Crippen molar-refractivity contribution in [3.63, 3.8) is 0 Å². The highest BCUT2D eigenvalue weighted by Gasteiger charge is 2.40. The highest BCUT2D eigenvalue weighted by atomic mass is 32.2. The zero-order chi connectivity index (χ0) is 10.9. The topological polar surface area (TPSA) is 133 Å². The van der Waals surface area contributed by atoms with Gasteiger partial charge in [-0.2, -0.15) is 23.8 Å². The molecule has 0 saturated heterocycles. The van der Waals surface area contributed by atoms with Crippen molar-refractivity contribution in [3.05, 3.63) is 11.9 Å². The number of aromatic amines is 1. The molecule has 1 aromatic rings. The van der Waals surface area contributed by atoms with Gasteiger partial charge in [0.15, 0.2) is 5.54 Å². The normalized spacial score (nSPS) is 24.9. The SMILES string of the molecule is O=S(=O)(O)CC1(c2cn[nH]n2)C=NN=N1. The molecular formula is C5H6N6O3S. The van der Waals surface area contributed by atoms with Crippen LogP contribution in [0.5, 0.6) is 0 Å². The molecule has 0 spiro atoms. The van der Waals surface area contributed by atoms with Gasteiger partial charge in [0.05, 0.1) is 12.4 Å². The van der Waals surface area contributed by atoms with Gasteiger partial charge >= 0.3 is 0 Å². The molecule has 0 saturated carbocycles. The van der Waals surface area contributed by atoms with Crippen LogP contribution >= 0.6 is 0 Å². The summed E-state index contributed by atoms with van der Waals surface area (Å²) in [5.41, 5.74) is -1.15. The predicted octanol–water partition coefficient (Wildman–Crippen LogP) is -0.661. The Morgan fingerprint density at radius 2 is 2.33 bits per heavy atom. The highest BCUT2D eigenvalue weighted by Crippen LogP contribution is 2.27. The highest BCUT2D eigenvalue weighted by molar-refractivity contribution is 7.85. The number of nitrogens with one attached hydrogen (secondary N) is 1. The van der Waals surface area contributed by atoms with E-state index in [4.69, 9.17) is 4.55 Å². The Bertz CT molecular complexity index is 491. The lowest BCUT2D eigenvalue weighted by molar-refractivity contribution is 0.469. The molecule has 1 atom stereocenters. The van der Waals surface area contributed by atoms with Crippen molar-refractivity contribution in [3.8, 4) is 0 Å². The molecule has 0 aromatic carbocycles. The van der Waals surface area contributed by atoms with Gasteiger partial charge < -0.3 is 0 Å². The number of nitrogens with zero attached hydrogens (tertiary/aromatic N) is 5. The van der Waals surface area contributed by atoms with Crippen LogP contribution in [0, 0.1) is 0 Å². The maximum atomic E-state index is 10.8. The van der Waals surface area contributed by atoms with E-state index in [1.165, 1.54) is 12.4 Å². The Labute approximate surface area is 84.0 Å². The molecule has 2 rings (SSSR count). The van der Waals surface area contributed by atoms with Gasteiger partial charge in [0, 0.05) is 0 Å². The van der Waals surface area contributed by atoms with Gasteiger partial charge in [-0.1, -0.05) is 0 Å². The Kier molecular flexibility index (Phi) is 2.08. The van der Waals surface area contributed by atoms with Crippen molar-refractivity contribution in [1.29, 1.82) is 0 Å². The fraction of sp³-hybridized carbons (Fsp3) is 0.400. The quantitative estimate of drug-likeness (QED) is 0.665. The first-order chi connectivity index (χ1) is 7.02. The van der Waals surface area contributed by atoms with Crippen molar-refractivity contribution >= 4 is 16.3 Å². The van der Waals surface area contributed by atoms with Crippen molar-refractivity contribution in [2.24, 2.45) is 15.4 Å². The number of H-pyrrole nitrogens is 1. The maximum absolute atomic E-state index is 10.8. The Morgan fingerprint density at radius 3 is 2.80 bits per heavy atom. The van der Waals surface area contributed by atoms with Crippen molar-refractivity contribution in [2.45, 2.75) is 5.54 Å². The van der Waals surface area contributed by atoms with Crippen LogP contribution in [-0.4, -0.2) is 40.3 Å². The summed E-state index contributed by atoms with van der Waals surface area (Å²) in [5.74, 6) is -0.667. The van der Waals surface area contributed by atoms with Crippen LogP contribution in [0.2, 0.25) is 0 Å². The molecule has 0 fully saturated rings. The van der Waals surface area contributed by atoms with Gasteiger partial charge in [-0.05, 0) is 5.22 Å². The van der Waals surface area contributed by atoms with Gasteiger partial charge in [-0.25, -0.2) is 0 Å². The Hall–Kier alpha value is -1.68.